The van der Waals surface area contributed by atoms with E-state index < -0.39 is 12.1 Å². The molecule has 8 nitrogen and oxygen atoms in total. The van der Waals surface area contributed by atoms with E-state index in [-0.39, 0.29) is 30.9 Å². The maximum absolute atomic E-state index is 14.0. The molecule has 3 heterocycles. The van der Waals surface area contributed by atoms with Gasteiger partial charge >= 0.3 is 6.03 Å². The van der Waals surface area contributed by atoms with E-state index >= 15 is 0 Å². The Balaban J connectivity index is 1.47. The van der Waals surface area contributed by atoms with Crippen LogP contribution in [0.25, 0.3) is 0 Å². The number of carbonyl (C=O) groups excluding carboxylic acids is 3. The molecular formula is C28H27ClN4O4. The van der Waals surface area contributed by atoms with Crippen molar-refractivity contribution in [3.8, 4) is 0 Å². The Hall–Kier alpha value is -4.04. The van der Waals surface area contributed by atoms with E-state index in [0.717, 1.165) is 11.1 Å². The largest absolute Gasteiger partial charge is 0.467 e. The fourth-order valence-corrected chi connectivity index (χ4v) is 5.02. The Morgan fingerprint density at radius 2 is 1.86 bits per heavy atom. The highest BCUT2D eigenvalue weighted by Crippen LogP contribution is 2.37. The molecule has 2 aromatic carbocycles. The number of urea groups is 1. The third kappa shape index (κ3) is 4.97. The van der Waals surface area contributed by atoms with E-state index in [9.17, 15) is 14.4 Å². The lowest BCUT2D eigenvalue weighted by Crippen LogP contribution is -2.49. The Bertz CT molecular complexity index is 1320. The molecule has 0 saturated carbocycles. The Kier molecular flexibility index (Phi) is 7.01. The molecule has 0 saturated heterocycles. The first-order chi connectivity index (χ1) is 18.0. The van der Waals surface area contributed by atoms with Crippen molar-refractivity contribution in [2.75, 3.05) is 13.1 Å². The minimum Gasteiger partial charge on any atom is -0.467 e. The second kappa shape index (κ2) is 10.5. The highest BCUT2D eigenvalue weighted by molar-refractivity contribution is 6.30. The number of hydrogen-bond acceptors (Lipinski definition) is 4. The van der Waals surface area contributed by atoms with Crippen LogP contribution in [0.1, 0.15) is 29.9 Å². The monoisotopic (exact) mass is 518 g/mol. The number of hydrogen-bond donors (Lipinski definition) is 2. The van der Waals surface area contributed by atoms with Crippen molar-refractivity contribution in [1.82, 2.24) is 20.4 Å². The number of nitrogens with one attached hydrogen (secondary N) is 2. The minimum absolute atomic E-state index is 0.158. The van der Waals surface area contributed by atoms with Gasteiger partial charge in [-0.05, 0) is 42.3 Å². The maximum atomic E-state index is 14.0. The number of furan rings is 1. The third-order valence-corrected chi connectivity index (χ3v) is 6.99. The van der Waals surface area contributed by atoms with Gasteiger partial charge in [-0.2, -0.15) is 0 Å². The Labute approximate surface area is 219 Å². The molecule has 190 valence electrons. The van der Waals surface area contributed by atoms with E-state index in [1.165, 1.54) is 0 Å². The number of likely N-dealkylation sites (N-methyl/N-ethyl adjacent to an activating group) is 1. The van der Waals surface area contributed by atoms with Gasteiger partial charge in [0.1, 0.15) is 11.8 Å². The van der Waals surface area contributed by atoms with Gasteiger partial charge in [0.15, 0.2) is 0 Å². The second-order valence-electron chi connectivity index (χ2n) is 8.97. The fourth-order valence-electron chi connectivity index (χ4n) is 4.89. The fraction of sp³-hybridized carbons (Fsp3) is 0.250. The summed E-state index contributed by atoms with van der Waals surface area (Å²) in [5, 5.41) is 6.43. The summed E-state index contributed by atoms with van der Waals surface area (Å²) in [4.78, 5) is 43.6. The topological polar surface area (TPSA) is 94.9 Å². The predicted octanol–water partition coefficient (Wildman–Crippen LogP) is 4.04. The van der Waals surface area contributed by atoms with Gasteiger partial charge in [0.05, 0.1) is 36.7 Å². The second-order valence-corrected chi connectivity index (χ2v) is 9.41. The molecule has 2 unspecified atom stereocenters. The lowest BCUT2D eigenvalue weighted by molar-refractivity contribution is -0.136. The maximum Gasteiger partial charge on any atom is 0.322 e. The van der Waals surface area contributed by atoms with Gasteiger partial charge in [-0.1, -0.05) is 54.1 Å². The van der Waals surface area contributed by atoms with Crippen LogP contribution >= 0.6 is 11.6 Å². The van der Waals surface area contributed by atoms with Crippen LogP contribution in [-0.2, 0) is 22.6 Å². The molecular weight excluding hydrogens is 492 g/mol. The summed E-state index contributed by atoms with van der Waals surface area (Å²) in [6.07, 6.45) is 1.88. The van der Waals surface area contributed by atoms with E-state index in [4.69, 9.17) is 16.0 Å². The van der Waals surface area contributed by atoms with Crippen LogP contribution in [0.2, 0.25) is 5.02 Å². The van der Waals surface area contributed by atoms with E-state index in [1.807, 2.05) is 37.3 Å². The Morgan fingerprint density at radius 3 is 2.54 bits per heavy atom. The molecule has 0 radical (unpaired) electrons. The zero-order valence-corrected chi connectivity index (χ0v) is 21.1. The van der Waals surface area contributed by atoms with E-state index in [1.54, 1.807) is 52.5 Å². The van der Waals surface area contributed by atoms with Gasteiger partial charge < -0.3 is 20.0 Å². The van der Waals surface area contributed by atoms with Crippen LogP contribution in [0.15, 0.2) is 88.7 Å². The molecule has 2 aliphatic rings. The van der Waals surface area contributed by atoms with Crippen LogP contribution < -0.4 is 10.6 Å². The highest BCUT2D eigenvalue weighted by atomic mass is 35.5. The van der Waals surface area contributed by atoms with Crippen molar-refractivity contribution >= 4 is 29.4 Å². The van der Waals surface area contributed by atoms with Crippen LogP contribution in [-0.4, -0.2) is 46.8 Å². The predicted molar refractivity (Wildman–Crippen MR) is 138 cm³/mol. The van der Waals surface area contributed by atoms with Gasteiger partial charge in [-0.25, -0.2) is 4.79 Å². The van der Waals surface area contributed by atoms with E-state index in [0.29, 0.717) is 35.0 Å². The molecule has 1 aromatic heterocycles. The zero-order chi connectivity index (χ0) is 25.9. The molecule has 0 bridgehead atoms. The number of amides is 4. The average molecular weight is 519 g/mol. The quantitative estimate of drug-likeness (QED) is 0.470. The molecule has 5 rings (SSSR count). The summed E-state index contributed by atoms with van der Waals surface area (Å²) in [7, 11) is 0. The molecule has 3 aromatic rings. The number of carbonyl (C=O) groups is 3. The number of nitrogens with zero attached hydrogens (tertiary/aromatic N) is 2. The number of benzene rings is 2. The van der Waals surface area contributed by atoms with Crippen molar-refractivity contribution in [2.24, 2.45) is 0 Å². The molecule has 2 N–H and O–H groups in total. The van der Waals surface area contributed by atoms with Crippen LogP contribution in [0.3, 0.4) is 0 Å². The first-order valence-corrected chi connectivity index (χ1v) is 12.6. The number of rotatable bonds is 8. The van der Waals surface area contributed by atoms with Gasteiger partial charge in [0, 0.05) is 18.0 Å². The molecule has 2 aliphatic heterocycles. The lowest BCUT2D eigenvalue weighted by Gasteiger charge is -2.32. The first-order valence-electron chi connectivity index (χ1n) is 12.2. The third-order valence-electron chi connectivity index (χ3n) is 6.74. The molecule has 0 fully saturated rings. The van der Waals surface area contributed by atoms with Crippen LogP contribution in [0.4, 0.5) is 4.79 Å². The van der Waals surface area contributed by atoms with Gasteiger partial charge in [0.2, 0.25) is 5.91 Å². The first kappa shape index (κ1) is 24.6. The summed E-state index contributed by atoms with van der Waals surface area (Å²) in [6.45, 7) is 2.62. The average Bonchev–Trinajstić information content (AvgIpc) is 3.55. The van der Waals surface area contributed by atoms with Crippen molar-refractivity contribution in [3.63, 3.8) is 0 Å². The summed E-state index contributed by atoms with van der Waals surface area (Å²) in [6, 6.07) is 18.5. The zero-order valence-electron chi connectivity index (χ0n) is 20.3. The van der Waals surface area contributed by atoms with Crippen LogP contribution in [0.5, 0.6) is 0 Å². The normalized spacial score (nSPS) is 18.1. The summed E-state index contributed by atoms with van der Waals surface area (Å²) in [5.74, 6) is 0.0491. The molecule has 0 aliphatic carbocycles. The van der Waals surface area contributed by atoms with Gasteiger partial charge in [0.25, 0.3) is 5.91 Å². The highest BCUT2D eigenvalue weighted by Gasteiger charge is 2.46. The molecule has 0 spiro atoms. The molecule has 2 atom stereocenters. The van der Waals surface area contributed by atoms with Crippen molar-refractivity contribution in [2.45, 2.75) is 32.0 Å². The standard InChI is InChI=1S/C28H27ClN4O4/c1-2-32-23-17-33(27(35)24(23)25(31-28(32)36)19-10-12-20(29)13-11-19)22(15-18-7-4-3-5-8-18)26(34)30-16-21-9-6-14-37-21/h3-14,22,25H,2,15-17H2,1H3,(H,30,34)(H,31,36). The summed E-state index contributed by atoms with van der Waals surface area (Å²) in [5.41, 5.74) is 2.76. The molecule has 9 heteroatoms. The SMILES string of the molecule is CCN1C(=O)NC(c2ccc(Cl)cc2)C2=C1CN(C(Cc1ccccc1)C(=O)NCc1ccco1)C2=O. The minimum atomic E-state index is -0.782. The number of halogens is 1. The smallest absolute Gasteiger partial charge is 0.322 e. The van der Waals surface area contributed by atoms with Gasteiger partial charge in [-0.3, -0.25) is 14.5 Å². The van der Waals surface area contributed by atoms with Crippen LogP contribution in [0, 0.1) is 0 Å². The van der Waals surface area contributed by atoms with Crippen molar-refractivity contribution in [1.29, 1.82) is 0 Å². The summed E-state index contributed by atoms with van der Waals surface area (Å²) < 4.78 is 5.35. The lowest BCUT2D eigenvalue weighted by atomic mass is 9.95. The van der Waals surface area contributed by atoms with E-state index in [2.05, 4.69) is 10.6 Å². The Morgan fingerprint density at radius 1 is 1.11 bits per heavy atom. The van der Waals surface area contributed by atoms with Crippen molar-refractivity contribution < 1.29 is 18.8 Å². The van der Waals surface area contributed by atoms with Gasteiger partial charge in [-0.15, -0.1) is 0 Å². The molecule has 4 amide bonds. The van der Waals surface area contributed by atoms with Crippen molar-refractivity contribution in [3.05, 3.63) is 106 Å². The molecule has 37 heavy (non-hydrogen) atoms. The summed E-state index contributed by atoms with van der Waals surface area (Å²) >= 11 is 6.07.